The standard InChI is InChI=1S/C16H27N3O/c1-5-10-19-14(11-17-18-19)15(20)12-6-8-13(9-7-12)16(2,3)4/h11-13H,5-10H2,1-4H3. The maximum Gasteiger partial charge on any atom is 0.185 e. The van der Waals surface area contributed by atoms with Crippen LogP contribution >= 0.6 is 0 Å². The van der Waals surface area contributed by atoms with Gasteiger partial charge in [0.1, 0.15) is 5.69 Å². The summed E-state index contributed by atoms with van der Waals surface area (Å²) >= 11 is 0. The summed E-state index contributed by atoms with van der Waals surface area (Å²) in [6.45, 7) is 9.78. The van der Waals surface area contributed by atoms with E-state index in [1.165, 1.54) is 0 Å². The molecule has 0 unspecified atom stereocenters. The summed E-state index contributed by atoms with van der Waals surface area (Å²) in [5.41, 5.74) is 1.06. The molecule has 1 aliphatic carbocycles. The molecule has 1 heterocycles. The average molecular weight is 277 g/mol. The predicted molar refractivity (Wildman–Crippen MR) is 79.5 cm³/mol. The van der Waals surface area contributed by atoms with E-state index in [0.717, 1.165) is 44.6 Å². The Morgan fingerprint density at radius 3 is 2.50 bits per heavy atom. The summed E-state index contributed by atoms with van der Waals surface area (Å²) in [4.78, 5) is 12.6. The highest BCUT2D eigenvalue weighted by Crippen LogP contribution is 2.40. The van der Waals surface area contributed by atoms with Gasteiger partial charge in [-0.3, -0.25) is 4.79 Å². The molecule has 2 rings (SSSR count). The molecule has 1 aromatic rings. The number of ketones is 1. The third-order valence-corrected chi connectivity index (χ3v) is 4.63. The maximum atomic E-state index is 12.6. The first kappa shape index (κ1) is 15.2. The first-order chi connectivity index (χ1) is 9.43. The zero-order valence-electron chi connectivity index (χ0n) is 13.2. The quantitative estimate of drug-likeness (QED) is 0.788. The van der Waals surface area contributed by atoms with Crippen LogP contribution in [0.5, 0.6) is 0 Å². The van der Waals surface area contributed by atoms with E-state index < -0.39 is 0 Å². The minimum absolute atomic E-state index is 0.169. The second-order valence-electron chi connectivity index (χ2n) is 7.12. The van der Waals surface area contributed by atoms with Gasteiger partial charge in [0.2, 0.25) is 0 Å². The van der Waals surface area contributed by atoms with Crippen molar-refractivity contribution in [2.45, 2.75) is 66.3 Å². The number of rotatable bonds is 4. The van der Waals surface area contributed by atoms with Crippen molar-refractivity contribution in [3.05, 3.63) is 11.9 Å². The van der Waals surface area contributed by atoms with Crippen LogP contribution in [0.4, 0.5) is 0 Å². The molecule has 4 nitrogen and oxygen atoms in total. The molecule has 1 aromatic heterocycles. The van der Waals surface area contributed by atoms with E-state index in [2.05, 4.69) is 38.0 Å². The van der Waals surface area contributed by atoms with Gasteiger partial charge in [-0.2, -0.15) is 0 Å². The Hall–Kier alpha value is -1.19. The molecule has 20 heavy (non-hydrogen) atoms. The van der Waals surface area contributed by atoms with Crippen LogP contribution in [-0.4, -0.2) is 20.8 Å². The van der Waals surface area contributed by atoms with E-state index in [1.807, 2.05) is 0 Å². The highest BCUT2D eigenvalue weighted by molar-refractivity contribution is 5.96. The summed E-state index contributed by atoms with van der Waals surface area (Å²) in [6.07, 6.45) is 6.95. The number of carbonyl (C=O) groups is 1. The molecular formula is C16H27N3O. The Labute approximate surface area is 121 Å². The normalized spacial score (nSPS) is 23.8. The fourth-order valence-corrected chi connectivity index (χ4v) is 3.26. The Bertz CT molecular complexity index is 451. The van der Waals surface area contributed by atoms with Gasteiger partial charge in [-0.15, -0.1) is 5.10 Å². The van der Waals surface area contributed by atoms with Gasteiger partial charge in [-0.05, 0) is 43.4 Å². The summed E-state index contributed by atoms with van der Waals surface area (Å²) in [5, 5.41) is 7.92. The zero-order chi connectivity index (χ0) is 14.8. The van der Waals surface area contributed by atoms with E-state index in [-0.39, 0.29) is 11.7 Å². The van der Waals surface area contributed by atoms with Crippen molar-refractivity contribution < 1.29 is 4.79 Å². The largest absolute Gasteiger partial charge is 0.292 e. The highest BCUT2D eigenvalue weighted by atomic mass is 16.1. The van der Waals surface area contributed by atoms with Gasteiger partial charge in [-0.1, -0.05) is 32.9 Å². The molecule has 0 bridgehead atoms. The lowest BCUT2D eigenvalue weighted by Crippen LogP contribution is -2.29. The predicted octanol–water partition coefficient (Wildman–Crippen LogP) is 3.72. The zero-order valence-corrected chi connectivity index (χ0v) is 13.2. The molecule has 0 aliphatic heterocycles. The molecule has 1 aliphatic rings. The topological polar surface area (TPSA) is 47.8 Å². The van der Waals surface area contributed by atoms with E-state index in [0.29, 0.717) is 11.1 Å². The van der Waals surface area contributed by atoms with Gasteiger partial charge in [0.05, 0.1) is 6.20 Å². The van der Waals surface area contributed by atoms with Gasteiger partial charge in [-0.25, -0.2) is 4.68 Å². The second kappa shape index (κ2) is 6.06. The molecular weight excluding hydrogens is 250 g/mol. The minimum Gasteiger partial charge on any atom is -0.292 e. The first-order valence-corrected chi connectivity index (χ1v) is 7.86. The molecule has 0 spiro atoms. The van der Waals surface area contributed by atoms with Crippen LogP contribution in [0, 0.1) is 17.3 Å². The molecule has 0 saturated heterocycles. The van der Waals surface area contributed by atoms with Crippen molar-refractivity contribution in [1.29, 1.82) is 0 Å². The van der Waals surface area contributed by atoms with Crippen LogP contribution in [0.3, 0.4) is 0 Å². The SMILES string of the molecule is CCCn1nncc1C(=O)C1CCC(C(C)(C)C)CC1. The average Bonchev–Trinajstić information content (AvgIpc) is 2.86. The lowest BCUT2D eigenvalue weighted by atomic mass is 9.69. The fraction of sp³-hybridized carbons (Fsp3) is 0.812. The summed E-state index contributed by atoms with van der Waals surface area (Å²) < 4.78 is 1.76. The maximum absolute atomic E-state index is 12.6. The summed E-state index contributed by atoms with van der Waals surface area (Å²) in [5.74, 6) is 1.16. The number of hydrogen-bond acceptors (Lipinski definition) is 3. The number of carbonyl (C=O) groups excluding carboxylic acids is 1. The van der Waals surface area contributed by atoms with Crippen LogP contribution < -0.4 is 0 Å². The van der Waals surface area contributed by atoms with Crippen LogP contribution in [0.25, 0.3) is 0 Å². The molecule has 0 radical (unpaired) electrons. The molecule has 0 atom stereocenters. The van der Waals surface area contributed by atoms with Crippen LogP contribution in [0.2, 0.25) is 0 Å². The van der Waals surface area contributed by atoms with Gasteiger partial charge >= 0.3 is 0 Å². The lowest BCUT2D eigenvalue weighted by molar-refractivity contribution is 0.0808. The summed E-state index contributed by atoms with van der Waals surface area (Å²) in [7, 11) is 0. The van der Waals surface area contributed by atoms with E-state index >= 15 is 0 Å². The molecule has 0 N–H and O–H groups in total. The fourth-order valence-electron chi connectivity index (χ4n) is 3.26. The Morgan fingerprint density at radius 2 is 1.95 bits per heavy atom. The smallest absolute Gasteiger partial charge is 0.185 e. The van der Waals surface area contributed by atoms with Crippen molar-refractivity contribution in [3.63, 3.8) is 0 Å². The number of hydrogen-bond donors (Lipinski definition) is 0. The number of aryl methyl sites for hydroxylation is 1. The first-order valence-electron chi connectivity index (χ1n) is 7.86. The molecule has 1 saturated carbocycles. The van der Waals surface area contributed by atoms with Gasteiger partial charge in [0.25, 0.3) is 0 Å². The Morgan fingerprint density at radius 1 is 1.30 bits per heavy atom. The van der Waals surface area contributed by atoms with Gasteiger partial charge < -0.3 is 0 Å². The van der Waals surface area contributed by atoms with Gasteiger partial charge in [0, 0.05) is 12.5 Å². The Balaban J connectivity index is 2.00. The highest BCUT2D eigenvalue weighted by Gasteiger charge is 2.33. The monoisotopic (exact) mass is 277 g/mol. The van der Waals surface area contributed by atoms with Crippen molar-refractivity contribution in [2.75, 3.05) is 0 Å². The van der Waals surface area contributed by atoms with Crippen molar-refractivity contribution in [3.8, 4) is 0 Å². The number of Topliss-reactive ketones (excluding diaryl/α,β-unsaturated/α-hetero) is 1. The molecule has 0 amide bonds. The molecule has 4 heteroatoms. The number of aromatic nitrogens is 3. The van der Waals surface area contributed by atoms with Gasteiger partial charge in [0.15, 0.2) is 5.78 Å². The van der Waals surface area contributed by atoms with Crippen molar-refractivity contribution >= 4 is 5.78 Å². The molecule has 112 valence electrons. The van der Waals surface area contributed by atoms with E-state index in [9.17, 15) is 4.79 Å². The van der Waals surface area contributed by atoms with Crippen LogP contribution in [-0.2, 0) is 6.54 Å². The third kappa shape index (κ3) is 3.28. The van der Waals surface area contributed by atoms with Crippen LogP contribution in [0.1, 0.15) is 70.3 Å². The van der Waals surface area contributed by atoms with Crippen molar-refractivity contribution in [2.24, 2.45) is 17.3 Å². The lowest BCUT2D eigenvalue weighted by Gasteiger charge is -2.36. The third-order valence-electron chi connectivity index (χ3n) is 4.63. The van der Waals surface area contributed by atoms with Crippen LogP contribution in [0.15, 0.2) is 6.20 Å². The Kier molecular flexibility index (Phi) is 4.61. The molecule has 0 aromatic carbocycles. The van der Waals surface area contributed by atoms with E-state index in [1.54, 1.807) is 10.9 Å². The van der Waals surface area contributed by atoms with E-state index in [4.69, 9.17) is 0 Å². The minimum atomic E-state index is 0.169. The number of nitrogens with zero attached hydrogens (tertiary/aromatic N) is 3. The van der Waals surface area contributed by atoms with Crippen molar-refractivity contribution in [1.82, 2.24) is 15.0 Å². The summed E-state index contributed by atoms with van der Waals surface area (Å²) in [6, 6.07) is 0. The second-order valence-corrected chi connectivity index (χ2v) is 7.12. The molecule has 1 fully saturated rings.